The Morgan fingerprint density at radius 2 is 1.48 bits per heavy atom. The lowest BCUT2D eigenvalue weighted by molar-refractivity contribution is -0.118. The van der Waals surface area contributed by atoms with E-state index in [9.17, 15) is 9.35 Å². The molecule has 1 amide bonds. The second kappa shape index (κ2) is 6.26. The van der Waals surface area contributed by atoms with Gasteiger partial charge in [0.1, 0.15) is 17.9 Å². The zero-order valence-electron chi connectivity index (χ0n) is 14.3. The summed E-state index contributed by atoms with van der Waals surface area (Å²) in [4.78, 5) is 20.7. The third-order valence-electron chi connectivity index (χ3n) is 4.69. The number of anilines is 2. The van der Waals surface area contributed by atoms with Crippen LogP contribution in [-0.2, 0) is 22.5 Å². The fraction of sp³-hybridized carbons (Fsp3) is 0.0476. The predicted octanol–water partition coefficient (Wildman–Crippen LogP) is 3.88. The van der Waals surface area contributed by atoms with E-state index in [4.69, 9.17) is 0 Å². The van der Waals surface area contributed by atoms with Gasteiger partial charge in [0.05, 0.1) is 17.4 Å². The molecule has 1 aromatic heterocycles. The van der Waals surface area contributed by atoms with Crippen molar-refractivity contribution < 1.29 is 9.35 Å². The molecule has 0 saturated heterocycles. The molecule has 0 aliphatic carbocycles. The maximum atomic E-state index is 13.3. The van der Waals surface area contributed by atoms with Crippen molar-refractivity contribution in [2.24, 2.45) is 0 Å². The Balaban J connectivity index is 1.60. The summed E-state index contributed by atoms with van der Waals surface area (Å²) in [5, 5.41) is 0. The average Bonchev–Trinajstić information content (AvgIpc) is 3.11. The molecule has 132 valence electrons. The fourth-order valence-corrected chi connectivity index (χ4v) is 4.81. The molecule has 1 aliphatic heterocycles. The lowest BCUT2D eigenvalue weighted by atomic mass is 10.2. The van der Waals surface area contributed by atoms with Gasteiger partial charge >= 0.3 is 0 Å². The van der Waals surface area contributed by atoms with Gasteiger partial charge in [-0.25, -0.2) is 4.98 Å². The van der Waals surface area contributed by atoms with E-state index in [1.807, 2.05) is 77.4 Å². The fourth-order valence-electron chi connectivity index (χ4n) is 3.47. The number of carbonyl (C=O) groups excluding carboxylic acids is 1. The summed E-state index contributed by atoms with van der Waals surface area (Å²) in [6.07, 6.45) is 1.68. The van der Waals surface area contributed by atoms with E-state index >= 15 is 0 Å². The van der Waals surface area contributed by atoms with Crippen LogP contribution in [0.3, 0.4) is 0 Å². The molecule has 5 rings (SSSR count). The third kappa shape index (κ3) is 2.53. The standard InChI is InChI=1S/C21H15N3O2S/c25-21(13-23-14-22-15-7-1-2-8-16(15)23)24-17-9-3-5-11-19(17)27(26)20-12-6-4-10-18(20)24/h1-12,14H,13H2. The Kier molecular flexibility index (Phi) is 3.74. The molecule has 0 spiro atoms. The van der Waals surface area contributed by atoms with Gasteiger partial charge in [-0.1, -0.05) is 36.4 Å². The van der Waals surface area contributed by atoms with Crippen LogP contribution in [0.2, 0.25) is 0 Å². The number of fused-ring (bicyclic) bond motifs is 3. The SMILES string of the molecule is O=C(Cn1cnc2ccccc21)N1c2ccccc2[S+]([O-])c2ccccc21. The molecule has 1 aliphatic rings. The van der Waals surface area contributed by atoms with E-state index in [1.54, 1.807) is 11.2 Å². The first-order valence-electron chi connectivity index (χ1n) is 8.57. The van der Waals surface area contributed by atoms with E-state index in [2.05, 4.69) is 4.98 Å². The van der Waals surface area contributed by atoms with Crippen LogP contribution >= 0.6 is 0 Å². The number of benzene rings is 3. The van der Waals surface area contributed by atoms with Crippen LogP contribution in [0, 0.1) is 0 Å². The molecule has 0 bridgehead atoms. The van der Waals surface area contributed by atoms with Crippen LogP contribution in [0.1, 0.15) is 0 Å². The van der Waals surface area contributed by atoms with Crippen molar-refractivity contribution in [2.75, 3.05) is 4.90 Å². The number of rotatable bonds is 2. The Labute approximate surface area is 159 Å². The van der Waals surface area contributed by atoms with E-state index in [-0.39, 0.29) is 12.5 Å². The van der Waals surface area contributed by atoms with Crippen LogP contribution < -0.4 is 4.90 Å². The predicted molar refractivity (Wildman–Crippen MR) is 104 cm³/mol. The number of hydrogen-bond donors (Lipinski definition) is 0. The van der Waals surface area contributed by atoms with Crippen molar-refractivity contribution in [3.05, 3.63) is 79.1 Å². The number of imidazole rings is 1. The minimum absolute atomic E-state index is 0.102. The molecule has 0 radical (unpaired) electrons. The lowest BCUT2D eigenvalue weighted by Crippen LogP contribution is -2.34. The normalized spacial score (nSPS) is 13.4. The van der Waals surface area contributed by atoms with Gasteiger partial charge in [-0.2, -0.15) is 0 Å². The second-order valence-electron chi connectivity index (χ2n) is 6.29. The van der Waals surface area contributed by atoms with Gasteiger partial charge in [-0.05, 0) is 36.4 Å². The van der Waals surface area contributed by atoms with E-state index in [1.165, 1.54) is 0 Å². The first-order valence-corrected chi connectivity index (χ1v) is 9.72. The van der Waals surface area contributed by atoms with Crippen LogP contribution in [0.15, 0.2) is 88.9 Å². The number of nitrogens with zero attached hydrogens (tertiary/aromatic N) is 3. The summed E-state index contributed by atoms with van der Waals surface area (Å²) in [6, 6.07) is 22.4. The summed E-state index contributed by atoms with van der Waals surface area (Å²) in [7, 11) is 0. The Hall–Kier alpha value is -3.09. The summed E-state index contributed by atoms with van der Waals surface area (Å²) in [6.45, 7) is 0.149. The topological polar surface area (TPSA) is 61.2 Å². The third-order valence-corrected chi connectivity index (χ3v) is 6.18. The average molecular weight is 373 g/mol. The van der Waals surface area contributed by atoms with Crippen molar-refractivity contribution in [2.45, 2.75) is 16.3 Å². The quantitative estimate of drug-likeness (QED) is 0.501. The number of carbonyl (C=O) groups is 1. The molecular weight excluding hydrogens is 358 g/mol. The van der Waals surface area contributed by atoms with Gasteiger partial charge in [0.15, 0.2) is 9.79 Å². The van der Waals surface area contributed by atoms with Gasteiger partial charge in [-0.3, -0.25) is 9.69 Å². The highest BCUT2D eigenvalue weighted by atomic mass is 32.2. The molecule has 6 heteroatoms. The second-order valence-corrected chi connectivity index (χ2v) is 7.71. The molecule has 27 heavy (non-hydrogen) atoms. The Morgan fingerprint density at radius 3 is 2.19 bits per heavy atom. The van der Waals surface area contributed by atoms with Gasteiger partial charge in [0, 0.05) is 11.2 Å². The molecule has 3 aromatic carbocycles. The highest BCUT2D eigenvalue weighted by Crippen LogP contribution is 2.43. The number of amides is 1. The molecule has 0 fully saturated rings. The van der Waals surface area contributed by atoms with Crippen molar-refractivity contribution in [3.8, 4) is 0 Å². The molecule has 4 aromatic rings. The molecule has 0 atom stereocenters. The van der Waals surface area contributed by atoms with E-state index < -0.39 is 11.2 Å². The van der Waals surface area contributed by atoms with Gasteiger partial charge in [0.2, 0.25) is 0 Å². The summed E-state index contributed by atoms with van der Waals surface area (Å²) in [5.74, 6) is -0.102. The monoisotopic (exact) mass is 373 g/mol. The Bertz CT molecular complexity index is 1120. The molecule has 0 N–H and O–H groups in total. The lowest BCUT2D eigenvalue weighted by Gasteiger charge is -2.31. The molecule has 0 saturated carbocycles. The van der Waals surface area contributed by atoms with Crippen LogP contribution in [-0.4, -0.2) is 20.0 Å². The zero-order chi connectivity index (χ0) is 18.4. The van der Waals surface area contributed by atoms with Gasteiger partial charge in [0.25, 0.3) is 5.91 Å². The van der Waals surface area contributed by atoms with Crippen LogP contribution in [0.5, 0.6) is 0 Å². The first kappa shape index (κ1) is 16.1. The molecule has 5 nitrogen and oxygen atoms in total. The maximum absolute atomic E-state index is 13.3. The number of hydrogen-bond acceptors (Lipinski definition) is 3. The van der Waals surface area contributed by atoms with Gasteiger partial charge < -0.3 is 9.12 Å². The van der Waals surface area contributed by atoms with Crippen LogP contribution in [0.25, 0.3) is 11.0 Å². The summed E-state index contributed by atoms with van der Waals surface area (Å²) in [5.41, 5.74) is 3.10. The zero-order valence-corrected chi connectivity index (χ0v) is 15.1. The first-order chi connectivity index (χ1) is 13.2. The van der Waals surface area contributed by atoms with Crippen molar-refractivity contribution >= 4 is 39.5 Å². The summed E-state index contributed by atoms with van der Waals surface area (Å²) < 4.78 is 14.8. The maximum Gasteiger partial charge on any atom is 0.251 e. The molecular formula is C21H15N3O2S. The van der Waals surface area contributed by atoms with E-state index in [0.29, 0.717) is 21.2 Å². The minimum atomic E-state index is -1.30. The van der Waals surface area contributed by atoms with E-state index in [0.717, 1.165) is 11.0 Å². The van der Waals surface area contributed by atoms with Crippen LogP contribution in [0.4, 0.5) is 11.4 Å². The van der Waals surface area contributed by atoms with Crippen molar-refractivity contribution in [1.82, 2.24) is 9.55 Å². The largest absolute Gasteiger partial charge is 0.606 e. The molecule has 0 unspecified atom stereocenters. The van der Waals surface area contributed by atoms with Crippen molar-refractivity contribution in [3.63, 3.8) is 0 Å². The number of para-hydroxylation sites is 4. The highest BCUT2D eigenvalue weighted by Gasteiger charge is 2.36. The number of aromatic nitrogens is 2. The molecule has 2 heterocycles. The minimum Gasteiger partial charge on any atom is -0.606 e. The van der Waals surface area contributed by atoms with Crippen molar-refractivity contribution in [1.29, 1.82) is 0 Å². The Morgan fingerprint density at radius 1 is 0.889 bits per heavy atom. The van der Waals surface area contributed by atoms with Gasteiger partial charge in [-0.15, -0.1) is 0 Å². The summed E-state index contributed by atoms with van der Waals surface area (Å²) >= 11 is -1.30. The highest BCUT2D eigenvalue weighted by molar-refractivity contribution is 7.92. The smallest absolute Gasteiger partial charge is 0.251 e.